The van der Waals surface area contributed by atoms with Crippen molar-refractivity contribution in [3.63, 3.8) is 0 Å². The van der Waals surface area contributed by atoms with Gasteiger partial charge in [0.25, 0.3) is 5.91 Å². The number of benzene rings is 1. The first-order valence-electron chi connectivity index (χ1n) is 6.21. The summed E-state index contributed by atoms with van der Waals surface area (Å²) in [6, 6.07) is 9.16. The van der Waals surface area contributed by atoms with Crippen molar-refractivity contribution in [1.82, 2.24) is 10.5 Å². The highest BCUT2D eigenvalue weighted by Crippen LogP contribution is 2.21. The Morgan fingerprint density at radius 2 is 1.90 bits per heavy atom. The van der Waals surface area contributed by atoms with E-state index in [0.29, 0.717) is 0 Å². The lowest BCUT2D eigenvalue weighted by atomic mass is 10.1. The number of rotatable bonds is 3. The van der Waals surface area contributed by atoms with Gasteiger partial charge in [0, 0.05) is 12.1 Å². The van der Waals surface area contributed by atoms with Gasteiger partial charge in [0.15, 0.2) is 5.69 Å². The molecule has 1 aliphatic carbocycles. The monoisotopic (exact) mass is 272 g/mol. The molecule has 102 valence electrons. The van der Waals surface area contributed by atoms with Gasteiger partial charge in [0.2, 0.25) is 5.76 Å². The van der Waals surface area contributed by atoms with E-state index in [1.54, 1.807) is 0 Å². The van der Waals surface area contributed by atoms with Gasteiger partial charge < -0.3 is 14.9 Å². The number of carbonyl (C=O) groups is 2. The normalized spacial score (nSPS) is 14.0. The maximum Gasteiger partial charge on any atom is 0.374 e. The molecule has 1 amide bonds. The van der Waals surface area contributed by atoms with E-state index in [4.69, 9.17) is 5.11 Å². The molecule has 2 N–H and O–H groups in total. The number of hydrogen-bond acceptors (Lipinski definition) is 4. The van der Waals surface area contributed by atoms with Crippen molar-refractivity contribution in [3.05, 3.63) is 52.9 Å². The number of aromatic carboxylic acids is 1. The number of carboxylic acids is 1. The van der Waals surface area contributed by atoms with E-state index in [1.807, 2.05) is 24.3 Å². The minimum Gasteiger partial charge on any atom is -0.475 e. The number of amides is 1. The van der Waals surface area contributed by atoms with Crippen LogP contribution in [0.25, 0.3) is 0 Å². The van der Waals surface area contributed by atoms with Crippen LogP contribution in [0.2, 0.25) is 0 Å². The lowest BCUT2D eigenvalue weighted by Gasteiger charge is -2.09. The first-order valence-corrected chi connectivity index (χ1v) is 6.21. The Morgan fingerprint density at radius 3 is 2.45 bits per heavy atom. The summed E-state index contributed by atoms with van der Waals surface area (Å²) in [6.45, 7) is 0. The van der Waals surface area contributed by atoms with Gasteiger partial charge in [0.1, 0.15) is 0 Å². The topological polar surface area (TPSA) is 92.4 Å². The Balaban J connectivity index is 1.67. The van der Waals surface area contributed by atoms with E-state index in [1.165, 1.54) is 11.1 Å². The summed E-state index contributed by atoms with van der Waals surface area (Å²) < 4.78 is 4.56. The molecule has 0 saturated carbocycles. The third kappa shape index (κ3) is 2.27. The number of fused-ring (bicyclic) bond motifs is 1. The summed E-state index contributed by atoms with van der Waals surface area (Å²) in [4.78, 5) is 22.6. The molecule has 0 unspecified atom stereocenters. The minimum atomic E-state index is -1.25. The second-order valence-electron chi connectivity index (χ2n) is 4.73. The Labute approximate surface area is 114 Å². The van der Waals surface area contributed by atoms with Gasteiger partial charge in [-0.1, -0.05) is 29.4 Å². The highest BCUT2D eigenvalue weighted by Gasteiger charge is 2.24. The Bertz CT molecular complexity index is 652. The highest BCUT2D eigenvalue weighted by molar-refractivity contribution is 5.95. The SMILES string of the molecule is O=C(NC1Cc2ccccc2C1)c1cc(C(=O)O)on1. The number of carboxylic acid groups (broad SMARTS) is 1. The molecule has 1 aromatic carbocycles. The largest absolute Gasteiger partial charge is 0.475 e. The van der Waals surface area contributed by atoms with Gasteiger partial charge in [-0.3, -0.25) is 4.79 Å². The summed E-state index contributed by atoms with van der Waals surface area (Å²) in [5, 5.41) is 15.0. The smallest absolute Gasteiger partial charge is 0.374 e. The fourth-order valence-corrected chi connectivity index (χ4v) is 2.40. The minimum absolute atomic E-state index is 0.00452. The van der Waals surface area contributed by atoms with E-state index in [-0.39, 0.29) is 17.5 Å². The predicted molar refractivity (Wildman–Crippen MR) is 68.6 cm³/mol. The Morgan fingerprint density at radius 1 is 1.25 bits per heavy atom. The zero-order chi connectivity index (χ0) is 14.1. The molecule has 1 aliphatic rings. The van der Waals surface area contributed by atoms with Crippen LogP contribution in [-0.2, 0) is 12.8 Å². The van der Waals surface area contributed by atoms with Crippen molar-refractivity contribution in [2.45, 2.75) is 18.9 Å². The molecule has 0 spiro atoms. The van der Waals surface area contributed by atoms with Crippen molar-refractivity contribution < 1.29 is 19.2 Å². The van der Waals surface area contributed by atoms with Crippen LogP contribution in [0.5, 0.6) is 0 Å². The van der Waals surface area contributed by atoms with E-state index < -0.39 is 11.9 Å². The van der Waals surface area contributed by atoms with Crippen LogP contribution in [0, 0.1) is 0 Å². The average molecular weight is 272 g/mol. The Kier molecular flexibility index (Phi) is 2.98. The van der Waals surface area contributed by atoms with Crippen LogP contribution in [0.1, 0.15) is 32.2 Å². The fraction of sp³-hybridized carbons (Fsp3) is 0.214. The van der Waals surface area contributed by atoms with Crippen molar-refractivity contribution in [1.29, 1.82) is 0 Å². The summed E-state index contributed by atoms with van der Waals surface area (Å²) in [5.41, 5.74) is 2.44. The maximum absolute atomic E-state index is 12.0. The number of nitrogens with one attached hydrogen (secondary N) is 1. The third-order valence-corrected chi connectivity index (χ3v) is 3.34. The number of hydrogen-bond donors (Lipinski definition) is 2. The summed E-state index contributed by atoms with van der Waals surface area (Å²) in [6.07, 6.45) is 1.54. The van der Waals surface area contributed by atoms with Gasteiger partial charge >= 0.3 is 5.97 Å². The quantitative estimate of drug-likeness (QED) is 0.877. The number of aromatic nitrogens is 1. The highest BCUT2D eigenvalue weighted by atomic mass is 16.5. The van der Waals surface area contributed by atoms with Gasteiger partial charge in [-0.25, -0.2) is 4.79 Å². The molecule has 6 nitrogen and oxygen atoms in total. The summed E-state index contributed by atoms with van der Waals surface area (Å²) in [5.74, 6) is -2.01. The van der Waals surface area contributed by atoms with E-state index >= 15 is 0 Å². The molecule has 1 heterocycles. The molecular formula is C14H12N2O4. The van der Waals surface area contributed by atoms with Crippen LogP contribution in [0.15, 0.2) is 34.9 Å². The average Bonchev–Trinajstić information content (AvgIpc) is 3.04. The summed E-state index contributed by atoms with van der Waals surface area (Å²) >= 11 is 0. The van der Waals surface area contributed by atoms with Crippen molar-refractivity contribution >= 4 is 11.9 Å². The van der Waals surface area contributed by atoms with Crippen molar-refractivity contribution in [2.24, 2.45) is 0 Å². The van der Waals surface area contributed by atoms with E-state index in [2.05, 4.69) is 15.0 Å². The molecule has 2 aromatic rings. The third-order valence-electron chi connectivity index (χ3n) is 3.34. The first-order chi connectivity index (χ1) is 9.63. The zero-order valence-corrected chi connectivity index (χ0v) is 10.5. The van der Waals surface area contributed by atoms with Crippen molar-refractivity contribution in [3.8, 4) is 0 Å². The van der Waals surface area contributed by atoms with E-state index in [0.717, 1.165) is 18.9 Å². The van der Waals surface area contributed by atoms with Crippen LogP contribution >= 0.6 is 0 Å². The van der Waals surface area contributed by atoms with Crippen molar-refractivity contribution in [2.75, 3.05) is 0 Å². The zero-order valence-electron chi connectivity index (χ0n) is 10.5. The molecule has 0 radical (unpaired) electrons. The standard InChI is InChI=1S/C14H12N2O4/c17-13(11-7-12(14(18)19)20-16-11)15-10-5-8-3-1-2-4-9(8)6-10/h1-4,7,10H,5-6H2,(H,15,17)(H,18,19). The lowest BCUT2D eigenvalue weighted by molar-refractivity contribution is 0.0651. The van der Waals surface area contributed by atoms with Crippen LogP contribution in [0.4, 0.5) is 0 Å². The number of nitrogens with zero attached hydrogens (tertiary/aromatic N) is 1. The molecule has 0 aliphatic heterocycles. The lowest BCUT2D eigenvalue weighted by Crippen LogP contribution is -2.35. The molecule has 0 atom stereocenters. The second-order valence-corrected chi connectivity index (χ2v) is 4.73. The molecule has 3 rings (SSSR count). The molecule has 6 heteroatoms. The van der Waals surface area contributed by atoms with Gasteiger partial charge in [-0.15, -0.1) is 0 Å². The van der Waals surface area contributed by atoms with E-state index in [9.17, 15) is 9.59 Å². The first kappa shape index (κ1) is 12.4. The molecule has 1 aromatic heterocycles. The van der Waals surface area contributed by atoms with Gasteiger partial charge in [-0.2, -0.15) is 0 Å². The van der Waals surface area contributed by atoms with Crippen LogP contribution in [0.3, 0.4) is 0 Å². The number of carbonyl (C=O) groups excluding carboxylic acids is 1. The second kappa shape index (κ2) is 4.80. The predicted octanol–water partition coefficient (Wildman–Crippen LogP) is 1.27. The van der Waals surface area contributed by atoms with Gasteiger partial charge in [0.05, 0.1) is 0 Å². The molecular weight excluding hydrogens is 260 g/mol. The van der Waals surface area contributed by atoms with Crippen LogP contribution < -0.4 is 5.32 Å². The summed E-state index contributed by atoms with van der Waals surface area (Å²) in [7, 11) is 0. The molecule has 0 bridgehead atoms. The van der Waals surface area contributed by atoms with Gasteiger partial charge in [-0.05, 0) is 24.0 Å². The molecule has 0 fully saturated rings. The molecule has 0 saturated heterocycles. The maximum atomic E-state index is 12.0. The molecule has 20 heavy (non-hydrogen) atoms. The Hall–Kier alpha value is -2.63. The van der Waals surface area contributed by atoms with Crippen LogP contribution in [-0.4, -0.2) is 28.2 Å². The fourth-order valence-electron chi connectivity index (χ4n) is 2.40.